The van der Waals surface area contributed by atoms with Crippen molar-refractivity contribution < 1.29 is 19.7 Å². The Bertz CT molecular complexity index is 619. The highest BCUT2D eigenvalue weighted by atomic mass is 35.5. The molecule has 0 radical (unpaired) electrons. The minimum Gasteiger partial charge on any atom is -0.504 e. The third-order valence-corrected chi connectivity index (χ3v) is 2.85. The van der Waals surface area contributed by atoms with Gasteiger partial charge in [-0.2, -0.15) is 0 Å². The number of halogens is 2. The molecule has 4 N–H and O–H groups in total. The second-order valence-corrected chi connectivity index (χ2v) is 4.36. The first-order valence-electron chi connectivity index (χ1n) is 5.40. The maximum atomic E-state index is 13.5. The normalized spacial score (nSPS) is 10.4. The Morgan fingerprint density at radius 3 is 2.47 bits per heavy atom. The minimum absolute atomic E-state index is 0.0816. The van der Waals surface area contributed by atoms with Crippen molar-refractivity contribution in [2.45, 2.75) is 6.54 Å². The van der Waals surface area contributed by atoms with Gasteiger partial charge in [-0.25, -0.2) is 4.39 Å². The molecule has 0 aliphatic heterocycles. The Morgan fingerprint density at radius 2 is 1.79 bits per heavy atom. The summed E-state index contributed by atoms with van der Waals surface area (Å²) in [6.07, 6.45) is 0. The lowest BCUT2D eigenvalue weighted by Gasteiger charge is -2.10. The molecule has 0 spiro atoms. The van der Waals surface area contributed by atoms with E-state index in [1.165, 1.54) is 24.3 Å². The molecule has 0 saturated heterocycles. The molecule has 0 saturated carbocycles. The van der Waals surface area contributed by atoms with Gasteiger partial charge in [0.2, 0.25) is 5.75 Å². The molecule has 19 heavy (non-hydrogen) atoms. The fourth-order valence-corrected chi connectivity index (χ4v) is 1.74. The smallest absolute Gasteiger partial charge is 0.200 e. The van der Waals surface area contributed by atoms with E-state index >= 15 is 0 Å². The van der Waals surface area contributed by atoms with E-state index in [0.29, 0.717) is 5.56 Å². The summed E-state index contributed by atoms with van der Waals surface area (Å²) in [5.74, 6) is -1.98. The lowest BCUT2D eigenvalue weighted by molar-refractivity contribution is 0.365. The van der Waals surface area contributed by atoms with E-state index in [2.05, 4.69) is 5.32 Å². The van der Waals surface area contributed by atoms with Crippen molar-refractivity contribution in [2.75, 3.05) is 5.32 Å². The van der Waals surface area contributed by atoms with Crippen LogP contribution in [-0.2, 0) is 6.54 Å². The molecule has 0 unspecified atom stereocenters. The molecule has 6 heteroatoms. The van der Waals surface area contributed by atoms with Crippen LogP contribution < -0.4 is 5.32 Å². The molecule has 2 aromatic rings. The average Bonchev–Trinajstić information content (AvgIpc) is 2.37. The monoisotopic (exact) mass is 283 g/mol. The van der Waals surface area contributed by atoms with E-state index in [-0.39, 0.29) is 17.3 Å². The standard InChI is InChI=1S/C13H11ClFNO3/c14-8-2-3-10(9(15)5-8)16-6-7-1-4-11(17)13(19)12(7)18/h1-5,16-19H,6H2. The lowest BCUT2D eigenvalue weighted by atomic mass is 10.1. The van der Waals surface area contributed by atoms with Crippen molar-refractivity contribution in [3.8, 4) is 17.2 Å². The number of anilines is 1. The van der Waals surface area contributed by atoms with Crippen LogP contribution in [0.5, 0.6) is 17.2 Å². The van der Waals surface area contributed by atoms with Crippen molar-refractivity contribution in [2.24, 2.45) is 0 Å². The summed E-state index contributed by atoms with van der Waals surface area (Å²) in [6.45, 7) is 0.0816. The van der Waals surface area contributed by atoms with Crippen molar-refractivity contribution in [1.29, 1.82) is 0 Å². The maximum Gasteiger partial charge on any atom is 0.200 e. The summed E-state index contributed by atoms with van der Waals surface area (Å²) >= 11 is 5.63. The van der Waals surface area contributed by atoms with E-state index < -0.39 is 23.1 Å². The Balaban J connectivity index is 2.17. The molecule has 0 amide bonds. The topological polar surface area (TPSA) is 72.7 Å². The Labute approximate surface area is 113 Å². The van der Waals surface area contributed by atoms with E-state index in [4.69, 9.17) is 11.6 Å². The van der Waals surface area contributed by atoms with Crippen LogP contribution in [0.3, 0.4) is 0 Å². The number of hydrogen-bond acceptors (Lipinski definition) is 4. The van der Waals surface area contributed by atoms with E-state index in [1.54, 1.807) is 0 Å². The van der Waals surface area contributed by atoms with Crippen molar-refractivity contribution in [3.63, 3.8) is 0 Å². The number of hydrogen-bond donors (Lipinski definition) is 4. The fourth-order valence-electron chi connectivity index (χ4n) is 1.58. The van der Waals surface area contributed by atoms with Gasteiger partial charge in [-0.05, 0) is 30.3 Å². The molecular weight excluding hydrogens is 273 g/mol. The van der Waals surface area contributed by atoms with Crippen LogP contribution in [0.1, 0.15) is 5.56 Å². The molecule has 0 fully saturated rings. The largest absolute Gasteiger partial charge is 0.504 e. The SMILES string of the molecule is Oc1ccc(CNc2ccc(Cl)cc2F)c(O)c1O. The van der Waals surface area contributed by atoms with Crippen molar-refractivity contribution in [3.05, 3.63) is 46.7 Å². The van der Waals surface area contributed by atoms with Gasteiger partial charge >= 0.3 is 0 Å². The summed E-state index contributed by atoms with van der Waals surface area (Å²) in [5.41, 5.74) is 0.543. The van der Waals surface area contributed by atoms with Gasteiger partial charge in [0.25, 0.3) is 0 Å². The number of phenolic OH excluding ortho intramolecular Hbond substituents is 3. The predicted molar refractivity (Wildman–Crippen MR) is 70.2 cm³/mol. The van der Waals surface area contributed by atoms with Crippen LogP contribution in [0.4, 0.5) is 10.1 Å². The number of aromatic hydroxyl groups is 3. The Morgan fingerprint density at radius 1 is 1.05 bits per heavy atom. The van der Waals surface area contributed by atoms with E-state index in [1.807, 2.05) is 0 Å². The Hall–Kier alpha value is -2.14. The first-order valence-corrected chi connectivity index (χ1v) is 5.78. The number of nitrogens with one attached hydrogen (secondary N) is 1. The molecule has 0 aliphatic rings. The minimum atomic E-state index is -0.601. The summed E-state index contributed by atoms with van der Waals surface area (Å²) in [6, 6.07) is 6.82. The predicted octanol–water partition coefficient (Wildman–Crippen LogP) is 3.21. The quantitative estimate of drug-likeness (QED) is 0.653. The van der Waals surface area contributed by atoms with E-state index in [9.17, 15) is 19.7 Å². The summed E-state index contributed by atoms with van der Waals surface area (Å²) in [7, 11) is 0. The Kier molecular flexibility index (Phi) is 3.66. The second-order valence-electron chi connectivity index (χ2n) is 3.92. The molecule has 4 nitrogen and oxygen atoms in total. The molecule has 2 rings (SSSR count). The van der Waals surface area contributed by atoms with Gasteiger partial charge in [0.05, 0.1) is 5.69 Å². The van der Waals surface area contributed by atoms with Crippen LogP contribution >= 0.6 is 11.6 Å². The van der Waals surface area contributed by atoms with Crippen LogP contribution in [-0.4, -0.2) is 15.3 Å². The maximum absolute atomic E-state index is 13.5. The van der Waals surface area contributed by atoms with Crippen molar-refractivity contribution >= 4 is 17.3 Å². The van der Waals surface area contributed by atoms with Crippen LogP contribution in [0.25, 0.3) is 0 Å². The highest BCUT2D eigenvalue weighted by molar-refractivity contribution is 6.30. The van der Waals surface area contributed by atoms with Crippen LogP contribution in [0.2, 0.25) is 5.02 Å². The zero-order valence-corrected chi connectivity index (χ0v) is 10.4. The summed E-state index contributed by atoms with van der Waals surface area (Å²) in [4.78, 5) is 0. The number of benzene rings is 2. The average molecular weight is 284 g/mol. The van der Waals surface area contributed by atoms with Gasteiger partial charge in [0.1, 0.15) is 5.82 Å². The summed E-state index contributed by atoms with van der Waals surface area (Å²) in [5, 5.41) is 31.2. The first-order chi connectivity index (χ1) is 8.99. The molecule has 0 aromatic heterocycles. The van der Waals surface area contributed by atoms with E-state index in [0.717, 1.165) is 6.07 Å². The molecule has 0 bridgehead atoms. The van der Waals surface area contributed by atoms with Crippen LogP contribution in [0, 0.1) is 5.82 Å². The fraction of sp³-hybridized carbons (Fsp3) is 0.0769. The van der Waals surface area contributed by atoms with Crippen LogP contribution in [0.15, 0.2) is 30.3 Å². The highest BCUT2D eigenvalue weighted by Gasteiger charge is 2.11. The van der Waals surface area contributed by atoms with Gasteiger partial charge in [0.15, 0.2) is 11.5 Å². The third kappa shape index (κ3) is 2.82. The number of rotatable bonds is 3. The zero-order valence-electron chi connectivity index (χ0n) is 9.69. The number of phenols is 3. The molecule has 2 aromatic carbocycles. The van der Waals surface area contributed by atoms with Gasteiger partial charge < -0.3 is 20.6 Å². The highest BCUT2D eigenvalue weighted by Crippen LogP contribution is 2.37. The second kappa shape index (κ2) is 5.24. The molecule has 0 atom stereocenters. The van der Waals surface area contributed by atoms with Gasteiger partial charge in [-0.1, -0.05) is 11.6 Å². The molecule has 100 valence electrons. The first kappa shape index (κ1) is 13.3. The molecular formula is C13H11ClFNO3. The molecule has 0 aliphatic carbocycles. The van der Waals surface area contributed by atoms with Gasteiger partial charge in [-0.3, -0.25) is 0 Å². The molecule has 0 heterocycles. The summed E-state index contributed by atoms with van der Waals surface area (Å²) < 4.78 is 13.5. The zero-order chi connectivity index (χ0) is 14.0. The van der Waals surface area contributed by atoms with Gasteiger partial charge in [-0.15, -0.1) is 0 Å². The van der Waals surface area contributed by atoms with Crippen molar-refractivity contribution in [1.82, 2.24) is 0 Å². The van der Waals surface area contributed by atoms with Gasteiger partial charge in [0, 0.05) is 17.1 Å². The lowest BCUT2D eigenvalue weighted by Crippen LogP contribution is -2.01. The third-order valence-electron chi connectivity index (χ3n) is 2.61.